The second-order valence-corrected chi connectivity index (χ2v) is 6.64. The van der Waals surface area contributed by atoms with Crippen molar-refractivity contribution in [2.45, 2.75) is 16.5 Å². The molecule has 0 aliphatic heterocycles. The number of aromatic nitrogens is 2. The van der Waals surface area contributed by atoms with E-state index < -0.39 is 11.2 Å². The molecule has 0 bridgehead atoms. The maximum Gasteiger partial charge on any atom is 0.335 e. The Kier molecular flexibility index (Phi) is 4.76. The maximum atomic E-state index is 12.1. The van der Waals surface area contributed by atoms with Gasteiger partial charge in [0.25, 0.3) is 0 Å². The number of aromatic carboxylic acids is 1. The van der Waals surface area contributed by atoms with Crippen LogP contribution >= 0.6 is 23.1 Å². The molecule has 1 atom stereocenters. The number of nitrogens with zero attached hydrogens (tertiary/aromatic N) is 2. The fourth-order valence-electron chi connectivity index (χ4n) is 1.45. The summed E-state index contributed by atoms with van der Waals surface area (Å²) in [5, 5.41) is 19.0. The summed E-state index contributed by atoms with van der Waals surface area (Å²) in [4.78, 5) is 22.9. The fourth-order valence-corrected chi connectivity index (χ4v) is 3.23. The first kappa shape index (κ1) is 15.3. The molecule has 0 saturated carbocycles. The molecule has 4 N–H and O–H groups in total. The number of carbonyl (C=O) groups is 2. The van der Waals surface area contributed by atoms with Crippen LogP contribution in [-0.4, -0.2) is 32.4 Å². The predicted molar refractivity (Wildman–Crippen MR) is 81.7 cm³/mol. The molecule has 110 valence electrons. The first-order chi connectivity index (χ1) is 9.95. The number of rotatable bonds is 5. The van der Waals surface area contributed by atoms with Crippen LogP contribution < -0.4 is 11.1 Å². The number of benzene rings is 1. The first-order valence-electron chi connectivity index (χ1n) is 5.85. The highest BCUT2D eigenvalue weighted by atomic mass is 32.2. The third-order valence-corrected chi connectivity index (χ3v) is 4.38. The highest BCUT2D eigenvalue weighted by molar-refractivity contribution is 8.02. The minimum atomic E-state index is -1.04. The van der Waals surface area contributed by atoms with E-state index in [0.717, 1.165) is 0 Å². The van der Waals surface area contributed by atoms with E-state index in [1.807, 2.05) is 0 Å². The lowest BCUT2D eigenvalue weighted by atomic mass is 10.2. The summed E-state index contributed by atoms with van der Waals surface area (Å²) in [6, 6.07) is 6.06. The van der Waals surface area contributed by atoms with Crippen molar-refractivity contribution >= 4 is 45.8 Å². The molecule has 21 heavy (non-hydrogen) atoms. The van der Waals surface area contributed by atoms with E-state index in [9.17, 15) is 9.59 Å². The van der Waals surface area contributed by atoms with Gasteiger partial charge in [0, 0.05) is 5.69 Å². The van der Waals surface area contributed by atoms with Crippen molar-refractivity contribution in [3.63, 3.8) is 0 Å². The fraction of sp³-hybridized carbons (Fsp3) is 0.167. The van der Waals surface area contributed by atoms with Crippen LogP contribution in [0.5, 0.6) is 0 Å². The zero-order valence-corrected chi connectivity index (χ0v) is 12.6. The predicted octanol–water partition coefficient (Wildman–Crippen LogP) is 1.94. The van der Waals surface area contributed by atoms with Gasteiger partial charge in [0.15, 0.2) is 4.34 Å². The molecule has 7 nitrogen and oxygen atoms in total. The number of carbonyl (C=O) groups excluding carboxylic acids is 1. The smallest absolute Gasteiger partial charge is 0.335 e. The largest absolute Gasteiger partial charge is 0.478 e. The Labute approximate surface area is 128 Å². The van der Waals surface area contributed by atoms with E-state index in [2.05, 4.69) is 15.5 Å². The summed E-state index contributed by atoms with van der Waals surface area (Å²) in [5.41, 5.74) is 6.02. The zero-order chi connectivity index (χ0) is 15.4. The Morgan fingerprint density at radius 1 is 1.43 bits per heavy atom. The van der Waals surface area contributed by atoms with Crippen molar-refractivity contribution in [3.8, 4) is 0 Å². The highest BCUT2D eigenvalue weighted by Gasteiger charge is 2.17. The maximum absolute atomic E-state index is 12.1. The van der Waals surface area contributed by atoms with E-state index in [4.69, 9.17) is 10.8 Å². The lowest BCUT2D eigenvalue weighted by Gasteiger charge is -2.10. The van der Waals surface area contributed by atoms with Crippen molar-refractivity contribution in [2.24, 2.45) is 0 Å². The van der Waals surface area contributed by atoms with Crippen LogP contribution in [0.2, 0.25) is 0 Å². The number of thioether (sulfide) groups is 1. The first-order valence-corrected chi connectivity index (χ1v) is 7.55. The van der Waals surface area contributed by atoms with Gasteiger partial charge in [-0.2, -0.15) is 0 Å². The quantitative estimate of drug-likeness (QED) is 0.719. The number of anilines is 2. The lowest BCUT2D eigenvalue weighted by molar-refractivity contribution is -0.115. The van der Waals surface area contributed by atoms with Crippen LogP contribution in [-0.2, 0) is 4.79 Å². The Morgan fingerprint density at radius 2 is 2.19 bits per heavy atom. The molecule has 0 radical (unpaired) electrons. The number of amides is 1. The van der Waals surface area contributed by atoms with Gasteiger partial charge in [0.1, 0.15) is 0 Å². The van der Waals surface area contributed by atoms with Crippen LogP contribution in [0.1, 0.15) is 17.3 Å². The molecular weight excluding hydrogens is 312 g/mol. The van der Waals surface area contributed by atoms with Crippen LogP contribution in [0.15, 0.2) is 28.6 Å². The normalized spacial score (nSPS) is 11.9. The molecule has 1 amide bonds. The summed E-state index contributed by atoms with van der Waals surface area (Å²) in [5.74, 6) is -1.30. The molecule has 1 heterocycles. The molecule has 0 spiro atoms. The highest BCUT2D eigenvalue weighted by Crippen LogP contribution is 2.28. The molecule has 1 unspecified atom stereocenters. The van der Waals surface area contributed by atoms with E-state index in [1.165, 1.54) is 35.2 Å². The molecule has 1 aromatic carbocycles. The summed E-state index contributed by atoms with van der Waals surface area (Å²) in [6.45, 7) is 1.72. The molecular formula is C12H12N4O3S2. The lowest BCUT2D eigenvalue weighted by Crippen LogP contribution is -2.22. The van der Waals surface area contributed by atoms with Crippen LogP contribution in [0.3, 0.4) is 0 Å². The average molecular weight is 324 g/mol. The summed E-state index contributed by atoms with van der Waals surface area (Å²) in [6.07, 6.45) is 0. The number of nitrogen functional groups attached to an aromatic ring is 1. The van der Waals surface area contributed by atoms with E-state index in [-0.39, 0.29) is 11.5 Å². The van der Waals surface area contributed by atoms with E-state index in [1.54, 1.807) is 19.1 Å². The van der Waals surface area contributed by atoms with Gasteiger partial charge < -0.3 is 16.2 Å². The molecule has 9 heteroatoms. The van der Waals surface area contributed by atoms with Gasteiger partial charge in [-0.05, 0) is 25.1 Å². The molecule has 1 aromatic heterocycles. The minimum absolute atomic E-state index is 0.116. The minimum Gasteiger partial charge on any atom is -0.478 e. The average Bonchev–Trinajstić information content (AvgIpc) is 2.84. The Morgan fingerprint density at radius 3 is 2.81 bits per heavy atom. The summed E-state index contributed by atoms with van der Waals surface area (Å²) in [7, 11) is 0. The third kappa shape index (κ3) is 4.17. The van der Waals surface area contributed by atoms with Crippen molar-refractivity contribution in [1.82, 2.24) is 10.2 Å². The number of carboxylic acid groups (broad SMARTS) is 1. The standard InChI is InChI=1S/C12H12N4O3S2/c1-6(20-12-16-15-11(13)21-12)9(17)14-8-4-2-3-7(5-8)10(18)19/h2-6H,1H3,(H2,13,15)(H,14,17)(H,18,19). The molecule has 0 saturated heterocycles. The van der Waals surface area contributed by atoms with Gasteiger partial charge in [-0.25, -0.2) is 4.79 Å². The summed E-state index contributed by atoms with van der Waals surface area (Å²) < 4.78 is 0.606. The Hall–Kier alpha value is -2.13. The van der Waals surface area contributed by atoms with E-state index >= 15 is 0 Å². The summed E-state index contributed by atoms with van der Waals surface area (Å²) >= 11 is 2.45. The second kappa shape index (κ2) is 6.55. The van der Waals surface area contributed by atoms with Crippen molar-refractivity contribution in [3.05, 3.63) is 29.8 Å². The Bertz CT molecular complexity index is 674. The number of nitrogens with two attached hydrogens (primary N) is 1. The molecule has 0 fully saturated rings. The zero-order valence-electron chi connectivity index (χ0n) is 10.9. The van der Waals surface area contributed by atoms with Crippen molar-refractivity contribution < 1.29 is 14.7 Å². The number of carboxylic acids is 1. The van der Waals surface area contributed by atoms with Crippen molar-refractivity contribution in [1.29, 1.82) is 0 Å². The van der Waals surface area contributed by atoms with Gasteiger partial charge in [0.2, 0.25) is 11.0 Å². The van der Waals surface area contributed by atoms with Crippen LogP contribution in [0, 0.1) is 0 Å². The Balaban J connectivity index is 2.00. The van der Waals surface area contributed by atoms with E-state index in [0.29, 0.717) is 15.2 Å². The van der Waals surface area contributed by atoms with Gasteiger partial charge in [-0.15, -0.1) is 10.2 Å². The van der Waals surface area contributed by atoms with Gasteiger partial charge in [-0.1, -0.05) is 29.2 Å². The van der Waals surface area contributed by atoms with Gasteiger partial charge >= 0.3 is 5.97 Å². The molecule has 0 aliphatic carbocycles. The van der Waals surface area contributed by atoms with Gasteiger partial charge in [-0.3, -0.25) is 4.79 Å². The van der Waals surface area contributed by atoms with Gasteiger partial charge in [0.05, 0.1) is 10.8 Å². The monoisotopic (exact) mass is 324 g/mol. The van der Waals surface area contributed by atoms with Crippen LogP contribution in [0.25, 0.3) is 0 Å². The topological polar surface area (TPSA) is 118 Å². The molecule has 2 aromatic rings. The van der Waals surface area contributed by atoms with Crippen molar-refractivity contribution in [2.75, 3.05) is 11.1 Å². The molecule has 2 rings (SSSR count). The molecule has 0 aliphatic rings. The SMILES string of the molecule is CC(Sc1nnc(N)s1)C(=O)Nc1cccc(C(=O)O)c1. The third-order valence-electron chi connectivity index (χ3n) is 2.45. The number of nitrogens with one attached hydrogen (secondary N) is 1. The number of hydrogen-bond donors (Lipinski definition) is 3. The van der Waals surface area contributed by atoms with Crippen LogP contribution in [0.4, 0.5) is 10.8 Å². The second-order valence-electron chi connectivity index (χ2n) is 4.04. The number of hydrogen-bond acceptors (Lipinski definition) is 7.